The number of halogens is 1. The van der Waals surface area contributed by atoms with E-state index in [9.17, 15) is 0 Å². The molecule has 2 heterocycles. The highest BCUT2D eigenvalue weighted by molar-refractivity contribution is 7.17. The fourth-order valence-electron chi connectivity index (χ4n) is 3.37. The van der Waals surface area contributed by atoms with Crippen LogP contribution >= 0.6 is 22.9 Å². The van der Waals surface area contributed by atoms with Gasteiger partial charge in [0.05, 0.1) is 13.2 Å². The maximum absolute atomic E-state index is 6.14. The molecule has 0 saturated carbocycles. The summed E-state index contributed by atoms with van der Waals surface area (Å²) in [5.74, 6) is 1.50. The summed E-state index contributed by atoms with van der Waals surface area (Å²) in [5, 5.41) is 3.52. The third-order valence-electron chi connectivity index (χ3n) is 4.75. The Morgan fingerprint density at radius 3 is 2.72 bits per heavy atom. The van der Waals surface area contributed by atoms with E-state index in [1.165, 1.54) is 26.8 Å². The molecule has 1 saturated heterocycles. The Bertz CT molecular complexity index is 881. The predicted octanol–water partition coefficient (Wildman–Crippen LogP) is 6.17. The van der Waals surface area contributed by atoms with Gasteiger partial charge in [-0.25, -0.2) is 0 Å². The third-order valence-corrected chi connectivity index (χ3v) is 6.02. The Morgan fingerprint density at radius 2 is 1.96 bits per heavy atom. The lowest BCUT2D eigenvalue weighted by molar-refractivity contribution is 0.0255. The molecule has 130 valence electrons. The van der Waals surface area contributed by atoms with Crippen LogP contribution in [-0.4, -0.2) is 19.3 Å². The highest BCUT2D eigenvalue weighted by Crippen LogP contribution is 2.37. The molecule has 3 aromatic rings. The number of rotatable bonds is 4. The van der Waals surface area contributed by atoms with Crippen LogP contribution in [0.1, 0.15) is 24.0 Å². The van der Waals surface area contributed by atoms with Crippen LogP contribution in [0.2, 0.25) is 0 Å². The van der Waals surface area contributed by atoms with Crippen molar-refractivity contribution in [1.29, 1.82) is 0 Å². The minimum Gasteiger partial charge on any atom is -0.490 e. The predicted molar refractivity (Wildman–Crippen MR) is 106 cm³/mol. The number of aryl methyl sites for hydroxylation is 1. The maximum atomic E-state index is 6.14. The Morgan fingerprint density at radius 1 is 1.12 bits per heavy atom. The van der Waals surface area contributed by atoms with Crippen molar-refractivity contribution in [2.24, 2.45) is 0 Å². The van der Waals surface area contributed by atoms with Crippen LogP contribution in [0.3, 0.4) is 0 Å². The summed E-state index contributed by atoms with van der Waals surface area (Å²) < 4.78 is 12.8. The van der Waals surface area contributed by atoms with Gasteiger partial charge >= 0.3 is 0 Å². The number of hydrogen-bond acceptors (Lipinski definition) is 3. The summed E-state index contributed by atoms with van der Waals surface area (Å²) in [5.41, 5.74) is 4.94. The van der Waals surface area contributed by atoms with Crippen molar-refractivity contribution in [3.8, 4) is 16.9 Å². The Balaban J connectivity index is 1.64. The summed E-state index contributed by atoms with van der Waals surface area (Å²) in [7, 11) is 0. The molecule has 0 bridgehead atoms. The van der Waals surface area contributed by atoms with E-state index >= 15 is 0 Å². The number of alkyl halides is 1. The van der Waals surface area contributed by atoms with Crippen molar-refractivity contribution in [2.45, 2.75) is 31.7 Å². The second kappa shape index (κ2) is 7.36. The van der Waals surface area contributed by atoms with Crippen molar-refractivity contribution in [2.75, 3.05) is 13.2 Å². The maximum Gasteiger partial charge on any atom is 0.120 e. The van der Waals surface area contributed by atoms with Crippen molar-refractivity contribution >= 4 is 33.0 Å². The van der Waals surface area contributed by atoms with Gasteiger partial charge in [0.2, 0.25) is 0 Å². The second-order valence-corrected chi connectivity index (χ2v) is 7.70. The zero-order valence-corrected chi connectivity index (χ0v) is 15.8. The molecule has 0 aliphatic carbocycles. The van der Waals surface area contributed by atoms with Gasteiger partial charge in [-0.2, -0.15) is 0 Å². The van der Waals surface area contributed by atoms with E-state index in [1.807, 2.05) is 0 Å². The molecule has 0 amide bonds. The third kappa shape index (κ3) is 3.55. The summed E-state index contributed by atoms with van der Waals surface area (Å²) in [4.78, 5) is 0. The molecule has 1 aliphatic heterocycles. The molecular formula is C21H21ClO2S. The SMILES string of the molecule is Cc1cc(OC2CCOCC2)ccc1-c1csc2ccc(CCl)cc12. The molecule has 1 aliphatic rings. The van der Waals surface area contributed by atoms with Gasteiger partial charge in [-0.1, -0.05) is 12.1 Å². The topological polar surface area (TPSA) is 18.5 Å². The number of benzene rings is 2. The number of fused-ring (bicyclic) bond motifs is 1. The average molecular weight is 373 g/mol. The van der Waals surface area contributed by atoms with Gasteiger partial charge in [0, 0.05) is 34.4 Å². The van der Waals surface area contributed by atoms with E-state index in [0.717, 1.165) is 37.4 Å². The lowest BCUT2D eigenvalue weighted by atomic mass is 9.99. The first-order valence-electron chi connectivity index (χ1n) is 8.66. The normalized spacial score (nSPS) is 15.6. The number of hydrogen-bond donors (Lipinski definition) is 0. The van der Waals surface area contributed by atoms with Gasteiger partial charge < -0.3 is 9.47 Å². The zero-order valence-electron chi connectivity index (χ0n) is 14.3. The molecule has 1 fully saturated rings. The molecule has 0 radical (unpaired) electrons. The molecular weight excluding hydrogens is 352 g/mol. The highest BCUT2D eigenvalue weighted by Gasteiger charge is 2.16. The molecule has 4 heteroatoms. The minimum absolute atomic E-state index is 0.271. The minimum atomic E-state index is 0.271. The first kappa shape index (κ1) is 16.9. The van der Waals surface area contributed by atoms with E-state index in [2.05, 4.69) is 48.7 Å². The summed E-state index contributed by atoms with van der Waals surface area (Å²) in [6.07, 6.45) is 2.21. The molecule has 0 spiro atoms. The van der Waals surface area contributed by atoms with E-state index in [4.69, 9.17) is 21.1 Å². The van der Waals surface area contributed by atoms with Crippen LogP contribution < -0.4 is 4.74 Å². The van der Waals surface area contributed by atoms with Gasteiger partial charge in [0.25, 0.3) is 0 Å². The molecule has 0 unspecified atom stereocenters. The van der Waals surface area contributed by atoms with Crippen molar-refractivity contribution in [1.82, 2.24) is 0 Å². The van der Waals surface area contributed by atoms with E-state index < -0.39 is 0 Å². The van der Waals surface area contributed by atoms with Crippen LogP contribution in [0.4, 0.5) is 0 Å². The van der Waals surface area contributed by atoms with E-state index in [0.29, 0.717) is 5.88 Å². The molecule has 2 aromatic carbocycles. The molecule has 0 atom stereocenters. The summed E-state index contributed by atoms with van der Waals surface area (Å²) in [6, 6.07) is 12.9. The molecule has 4 rings (SSSR count). The summed E-state index contributed by atoms with van der Waals surface area (Å²) in [6.45, 7) is 3.75. The van der Waals surface area contributed by atoms with Gasteiger partial charge in [0.1, 0.15) is 11.9 Å². The Labute approximate surface area is 157 Å². The van der Waals surface area contributed by atoms with Crippen molar-refractivity contribution in [3.63, 3.8) is 0 Å². The summed E-state index contributed by atoms with van der Waals surface area (Å²) >= 11 is 7.80. The lowest BCUT2D eigenvalue weighted by Crippen LogP contribution is -2.25. The highest BCUT2D eigenvalue weighted by atomic mass is 35.5. The number of thiophene rings is 1. The smallest absolute Gasteiger partial charge is 0.120 e. The van der Waals surface area contributed by atoms with Gasteiger partial charge in [-0.15, -0.1) is 22.9 Å². The van der Waals surface area contributed by atoms with E-state index in [1.54, 1.807) is 11.3 Å². The first-order chi connectivity index (χ1) is 12.2. The standard InChI is InChI=1S/C21H21ClO2S/c1-14-10-17(24-16-6-8-23-9-7-16)3-4-18(14)20-13-25-21-5-2-15(12-22)11-19(20)21/h2-5,10-11,13,16H,6-9,12H2,1H3. The fourth-order valence-corrected chi connectivity index (χ4v) is 4.47. The first-order valence-corrected chi connectivity index (χ1v) is 10.1. The van der Waals surface area contributed by atoms with Crippen LogP contribution in [0.5, 0.6) is 5.75 Å². The molecule has 1 aromatic heterocycles. The number of ether oxygens (including phenoxy) is 2. The van der Waals surface area contributed by atoms with Crippen molar-refractivity contribution < 1.29 is 9.47 Å². The average Bonchev–Trinajstić information content (AvgIpc) is 3.05. The van der Waals surface area contributed by atoms with Gasteiger partial charge in [0.15, 0.2) is 0 Å². The van der Waals surface area contributed by atoms with Gasteiger partial charge in [-0.3, -0.25) is 0 Å². The van der Waals surface area contributed by atoms with Gasteiger partial charge in [-0.05, 0) is 53.3 Å². The quantitative estimate of drug-likeness (QED) is 0.509. The zero-order chi connectivity index (χ0) is 17.2. The molecule has 25 heavy (non-hydrogen) atoms. The van der Waals surface area contributed by atoms with Crippen LogP contribution in [-0.2, 0) is 10.6 Å². The van der Waals surface area contributed by atoms with Crippen LogP contribution in [0.15, 0.2) is 41.8 Å². The largest absolute Gasteiger partial charge is 0.490 e. The molecule has 2 nitrogen and oxygen atoms in total. The second-order valence-electron chi connectivity index (χ2n) is 6.52. The monoisotopic (exact) mass is 372 g/mol. The molecule has 0 N–H and O–H groups in total. The fraction of sp³-hybridized carbons (Fsp3) is 0.333. The van der Waals surface area contributed by atoms with Crippen LogP contribution in [0, 0.1) is 6.92 Å². The Kier molecular flexibility index (Phi) is 4.98. The van der Waals surface area contributed by atoms with Crippen molar-refractivity contribution in [3.05, 3.63) is 52.9 Å². The Hall–Kier alpha value is -1.55. The lowest BCUT2D eigenvalue weighted by Gasteiger charge is -2.23. The van der Waals surface area contributed by atoms with E-state index in [-0.39, 0.29) is 6.10 Å². The van der Waals surface area contributed by atoms with Crippen LogP contribution in [0.25, 0.3) is 21.2 Å².